The molecule has 1 saturated heterocycles. The molecule has 0 spiro atoms. The average Bonchev–Trinajstić information content (AvgIpc) is 2.76. The molecule has 0 unspecified atom stereocenters. The van der Waals surface area contributed by atoms with Crippen LogP contribution in [0.25, 0.3) is 0 Å². The Hall–Kier alpha value is -0.950. The summed E-state index contributed by atoms with van der Waals surface area (Å²) in [5, 5.41) is 0.165. The molecule has 0 atom stereocenters. The highest BCUT2D eigenvalue weighted by Crippen LogP contribution is 2.48. The van der Waals surface area contributed by atoms with Crippen molar-refractivity contribution in [3.8, 4) is 5.75 Å². The molecule has 0 aliphatic carbocycles. The SMILES string of the molecule is O=C(COc1c(Cl)c(Cl)c(Cl)c(Cl)c1Cl)N1CCN(CCc2ccccn2)CC1. The van der Waals surface area contributed by atoms with E-state index in [0.717, 1.165) is 31.7 Å². The second-order valence-corrected chi connectivity index (χ2v) is 8.37. The molecule has 1 fully saturated rings. The summed E-state index contributed by atoms with van der Waals surface area (Å²) in [6, 6.07) is 5.91. The van der Waals surface area contributed by atoms with E-state index < -0.39 is 0 Å². The molecule has 1 aromatic carbocycles. The highest BCUT2D eigenvalue weighted by atomic mass is 35.5. The van der Waals surface area contributed by atoms with Gasteiger partial charge in [0.2, 0.25) is 0 Å². The van der Waals surface area contributed by atoms with Gasteiger partial charge in [0, 0.05) is 51.0 Å². The summed E-state index contributed by atoms with van der Waals surface area (Å²) in [6.07, 6.45) is 2.68. The zero-order chi connectivity index (χ0) is 21.0. The Morgan fingerprint density at radius 3 is 2.14 bits per heavy atom. The number of piperazine rings is 1. The monoisotopic (exact) mass is 495 g/mol. The van der Waals surface area contributed by atoms with Crippen molar-refractivity contribution < 1.29 is 9.53 Å². The van der Waals surface area contributed by atoms with Crippen molar-refractivity contribution in [2.45, 2.75) is 6.42 Å². The first kappa shape index (κ1) is 22.7. The van der Waals surface area contributed by atoms with Crippen molar-refractivity contribution in [3.05, 3.63) is 55.2 Å². The lowest BCUT2D eigenvalue weighted by molar-refractivity contribution is -0.135. The van der Waals surface area contributed by atoms with Gasteiger partial charge in [-0.3, -0.25) is 14.7 Å². The number of halogens is 5. The number of carbonyl (C=O) groups is 1. The van der Waals surface area contributed by atoms with Gasteiger partial charge in [-0.05, 0) is 12.1 Å². The molecule has 1 aliphatic heterocycles. The number of rotatable bonds is 6. The third-order valence-electron chi connectivity index (χ3n) is 4.64. The van der Waals surface area contributed by atoms with Crippen LogP contribution in [0.4, 0.5) is 0 Å². The van der Waals surface area contributed by atoms with E-state index in [4.69, 9.17) is 62.7 Å². The first-order valence-electron chi connectivity index (χ1n) is 8.92. The van der Waals surface area contributed by atoms with E-state index in [1.165, 1.54) is 0 Å². The number of hydrogen-bond donors (Lipinski definition) is 0. The molecule has 156 valence electrons. The van der Waals surface area contributed by atoms with Crippen LogP contribution >= 0.6 is 58.0 Å². The number of hydrogen-bond acceptors (Lipinski definition) is 4. The highest BCUT2D eigenvalue weighted by Gasteiger charge is 2.24. The maximum absolute atomic E-state index is 12.5. The standard InChI is InChI=1S/C19H18Cl5N3O2/c20-14-15(21)17(23)19(18(24)16(14)22)29-11-13(28)27-9-7-26(8-10-27)6-4-12-3-1-2-5-25-12/h1-3,5H,4,6-11H2. The fourth-order valence-electron chi connectivity index (χ4n) is 2.98. The van der Waals surface area contributed by atoms with Gasteiger partial charge in [-0.2, -0.15) is 0 Å². The van der Waals surface area contributed by atoms with Crippen LogP contribution < -0.4 is 4.74 Å². The zero-order valence-corrected chi connectivity index (χ0v) is 19.1. The predicted molar refractivity (Wildman–Crippen MR) is 118 cm³/mol. The number of pyridine rings is 1. The Morgan fingerprint density at radius 2 is 1.55 bits per heavy atom. The zero-order valence-electron chi connectivity index (χ0n) is 15.3. The van der Waals surface area contributed by atoms with Crippen molar-refractivity contribution in [2.75, 3.05) is 39.3 Å². The lowest BCUT2D eigenvalue weighted by Crippen LogP contribution is -2.50. The van der Waals surface area contributed by atoms with Gasteiger partial charge < -0.3 is 9.64 Å². The second-order valence-electron chi connectivity index (χ2n) is 6.48. The van der Waals surface area contributed by atoms with Gasteiger partial charge in [-0.1, -0.05) is 64.1 Å². The summed E-state index contributed by atoms with van der Waals surface area (Å²) in [6.45, 7) is 3.50. The Bertz CT molecular complexity index is 845. The quantitative estimate of drug-likeness (QED) is 0.411. The molecule has 3 rings (SSSR count). The van der Waals surface area contributed by atoms with Crippen LogP contribution in [-0.2, 0) is 11.2 Å². The molecular formula is C19H18Cl5N3O2. The van der Waals surface area contributed by atoms with Gasteiger partial charge in [-0.15, -0.1) is 0 Å². The Kier molecular flexibility index (Phi) is 8.14. The molecule has 2 heterocycles. The van der Waals surface area contributed by atoms with Gasteiger partial charge >= 0.3 is 0 Å². The minimum absolute atomic E-state index is 0.0261. The van der Waals surface area contributed by atoms with Gasteiger partial charge in [0.1, 0.15) is 10.0 Å². The molecule has 0 saturated carbocycles. The maximum atomic E-state index is 12.5. The number of benzene rings is 1. The third kappa shape index (κ3) is 5.60. The largest absolute Gasteiger partial charge is 0.481 e. The van der Waals surface area contributed by atoms with Gasteiger partial charge in [0.25, 0.3) is 5.91 Å². The summed E-state index contributed by atoms with van der Waals surface area (Å²) >= 11 is 30.3. The van der Waals surface area contributed by atoms with Crippen molar-refractivity contribution in [2.24, 2.45) is 0 Å². The molecule has 2 aromatic rings. The molecular weight excluding hydrogens is 479 g/mol. The summed E-state index contributed by atoms with van der Waals surface area (Å²) in [4.78, 5) is 20.9. The minimum Gasteiger partial charge on any atom is -0.481 e. The third-order valence-corrected chi connectivity index (χ3v) is 6.89. The summed E-state index contributed by atoms with van der Waals surface area (Å²) in [5.74, 6) is -0.112. The number of amides is 1. The number of aromatic nitrogens is 1. The van der Waals surface area contributed by atoms with Crippen LogP contribution in [0.1, 0.15) is 5.69 Å². The van der Waals surface area contributed by atoms with E-state index in [0.29, 0.717) is 13.1 Å². The summed E-state index contributed by atoms with van der Waals surface area (Å²) < 4.78 is 5.53. The highest BCUT2D eigenvalue weighted by molar-refractivity contribution is 6.55. The average molecular weight is 498 g/mol. The second kappa shape index (κ2) is 10.4. The molecule has 0 radical (unpaired) electrons. The topological polar surface area (TPSA) is 45.7 Å². The molecule has 5 nitrogen and oxygen atoms in total. The van der Waals surface area contributed by atoms with Crippen LogP contribution in [0, 0.1) is 0 Å². The van der Waals surface area contributed by atoms with Gasteiger partial charge in [0.15, 0.2) is 12.4 Å². The Labute approximate surface area is 194 Å². The number of carbonyl (C=O) groups excluding carboxylic acids is 1. The summed E-state index contributed by atoms with van der Waals surface area (Å²) in [5.41, 5.74) is 1.06. The Balaban J connectivity index is 1.49. The van der Waals surface area contributed by atoms with Gasteiger partial charge in [0.05, 0.1) is 15.1 Å². The van der Waals surface area contributed by atoms with Crippen LogP contribution in [0.3, 0.4) is 0 Å². The molecule has 10 heteroatoms. The van der Waals surface area contributed by atoms with E-state index in [1.54, 1.807) is 11.1 Å². The van der Waals surface area contributed by atoms with Crippen LogP contribution in [0.5, 0.6) is 5.75 Å². The minimum atomic E-state index is -0.221. The molecule has 1 aromatic heterocycles. The fraction of sp³-hybridized carbons (Fsp3) is 0.368. The lowest BCUT2D eigenvalue weighted by Gasteiger charge is -2.34. The molecule has 1 amide bonds. The maximum Gasteiger partial charge on any atom is 0.260 e. The van der Waals surface area contributed by atoms with Crippen LogP contribution in [-0.4, -0.2) is 60.0 Å². The van der Waals surface area contributed by atoms with Crippen molar-refractivity contribution in [1.29, 1.82) is 0 Å². The van der Waals surface area contributed by atoms with Gasteiger partial charge in [-0.25, -0.2) is 0 Å². The van der Waals surface area contributed by atoms with Crippen molar-refractivity contribution >= 4 is 63.9 Å². The number of nitrogens with zero attached hydrogens (tertiary/aromatic N) is 3. The van der Waals surface area contributed by atoms with E-state index in [-0.39, 0.29) is 43.4 Å². The number of ether oxygens (including phenoxy) is 1. The molecule has 0 N–H and O–H groups in total. The summed E-state index contributed by atoms with van der Waals surface area (Å²) in [7, 11) is 0. The van der Waals surface area contributed by atoms with Crippen molar-refractivity contribution in [1.82, 2.24) is 14.8 Å². The molecule has 29 heavy (non-hydrogen) atoms. The van der Waals surface area contributed by atoms with Crippen LogP contribution in [0.2, 0.25) is 25.1 Å². The van der Waals surface area contributed by atoms with E-state index in [2.05, 4.69) is 9.88 Å². The van der Waals surface area contributed by atoms with E-state index >= 15 is 0 Å². The fourth-order valence-corrected chi connectivity index (χ4v) is 4.21. The predicted octanol–water partition coefficient (Wildman–Crippen LogP) is 5.11. The lowest BCUT2D eigenvalue weighted by atomic mass is 10.2. The van der Waals surface area contributed by atoms with Crippen LogP contribution in [0.15, 0.2) is 24.4 Å². The van der Waals surface area contributed by atoms with E-state index in [9.17, 15) is 4.79 Å². The molecule has 0 bridgehead atoms. The smallest absolute Gasteiger partial charge is 0.260 e. The Morgan fingerprint density at radius 1 is 0.931 bits per heavy atom. The normalized spacial score (nSPS) is 14.9. The first-order valence-corrected chi connectivity index (χ1v) is 10.8. The van der Waals surface area contributed by atoms with E-state index in [1.807, 2.05) is 18.2 Å². The molecule has 1 aliphatic rings. The van der Waals surface area contributed by atoms with Crippen molar-refractivity contribution in [3.63, 3.8) is 0 Å². The first-order chi connectivity index (χ1) is 13.9.